The number of aromatic nitrogens is 2. The lowest BCUT2D eigenvalue weighted by molar-refractivity contribution is 0.0899. The van der Waals surface area contributed by atoms with Crippen LogP contribution in [-0.2, 0) is 0 Å². The Morgan fingerprint density at radius 2 is 2.15 bits per heavy atom. The van der Waals surface area contributed by atoms with Crippen molar-refractivity contribution in [3.63, 3.8) is 0 Å². The molecule has 0 spiro atoms. The minimum Gasteiger partial charge on any atom is -0.494 e. The summed E-state index contributed by atoms with van der Waals surface area (Å²) in [6.45, 7) is 2.11. The van der Waals surface area contributed by atoms with Gasteiger partial charge in [0.25, 0.3) is 0 Å². The molecule has 2 fully saturated rings. The zero-order chi connectivity index (χ0) is 14.0. The average molecular weight is 277 g/mol. The maximum atomic E-state index is 9.88. The standard InChI is InChI=1S/C15H23N3O2/c1-20-13-8-16-14(17-9-13)18-6-2-5-15(10-18,11-19)7-12-3-4-12/h8-9,12,19H,2-7,10-11H2,1H3. The second kappa shape index (κ2) is 5.56. The van der Waals surface area contributed by atoms with Crippen molar-refractivity contribution < 1.29 is 9.84 Å². The van der Waals surface area contributed by atoms with Gasteiger partial charge in [0.2, 0.25) is 5.95 Å². The molecule has 1 aliphatic carbocycles. The summed E-state index contributed by atoms with van der Waals surface area (Å²) in [5.41, 5.74) is 0.0443. The molecule has 110 valence electrons. The molecule has 1 saturated heterocycles. The third kappa shape index (κ3) is 2.87. The van der Waals surface area contributed by atoms with Gasteiger partial charge in [-0.05, 0) is 25.2 Å². The van der Waals surface area contributed by atoms with E-state index in [1.54, 1.807) is 19.5 Å². The SMILES string of the molecule is COc1cnc(N2CCCC(CO)(CC3CC3)C2)nc1. The molecular formula is C15H23N3O2. The summed E-state index contributed by atoms with van der Waals surface area (Å²) in [4.78, 5) is 11.0. The molecule has 1 unspecified atom stereocenters. The van der Waals surface area contributed by atoms with Crippen LogP contribution in [0.15, 0.2) is 12.4 Å². The largest absolute Gasteiger partial charge is 0.494 e. The molecule has 1 aromatic heterocycles. The Bertz CT molecular complexity index is 447. The monoisotopic (exact) mass is 277 g/mol. The number of hydrogen-bond donors (Lipinski definition) is 1. The van der Waals surface area contributed by atoms with E-state index >= 15 is 0 Å². The van der Waals surface area contributed by atoms with Crippen LogP contribution in [0.2, 0.25) is 0 Å². The highest BCUT2D eigenvalue weighted by atomic mass is 16.5. The summed E-state index contributed by atoms with van der Waals surface area (Å²) >= 11 is 0. The maximum Gasteiger partial charge on any atom is 0.225 e. The molecule has 3 rings (SSSR count). The lowest BCUT2D eigenvalue weighted by Gasteiger charge is -2.42. The van der Waals surface area contributed by atoms with Crippen molar-refractivity contribution in [2.75, 3.05) is 31.7 Å². The Morgan fingerprint density at radius 1 is 1.40 bits per heavy atom. The maximum absolute atomic E-state index is 9.88. The van der Waals surface area contributed by atoms with Crippen molar-refractivity contribution in [3.05, 3.63) is 12.4 Å². The predicted molar refractivity (Wildman–Crippen MR) is 76.9 cm³/mol. The van der Waals surface area contributed by atoms with E-state index in [1.165, 1.54) is 12.8 Å². The summed E-state index contributed by atoms with van der Waals surface area (Å²) in [7, 11) is 1.62. The number of ether oxygens (including phenoxy) is 1. The van der Waals surface area contributed by atoms with Crippen LogP contribution in [0.5, 0.6) is 5.75 Å². The van der Waals surface area contributed by atoms with Gasteiger partial charge in [-0.2, -0.15) is 0 Å². The molecule has 1 aliphatic heterocycles. The second-order valence-corrected chi connectivity index (χ2v) is 6.25. The molecule has 0 aromatic carbocycles. The molecule has 5 nitrogen and oxygen atoms in total. The third-order valence-corrected chi connectivity index (χ3v) is 4.55. The van der Waals surface area contributed by atoms with Gasteiger partial charge in [0.1, 0.15) is 0 Å². The van der Waals surface area contributed by atoms with E-state index in [0.717, 1.165) is 44.2 Å². The first-order chi connectivity index (χ1) is 9.74. The number of nitrogens with zero attached hydrogens (tertiary/aromatic N) is 3. The van der Waals surface area contributed by atoms with E-state index in [9.17, 15) is 5.11 Å². The summed E-state index contributed by atoms with van der Waals surface area (Å²) in [5, 5.41) is 9.88. The van der Waals surface area contributed by atoms with Crippen molar-refractivity contribution in [1.82, 2.24) is 9.97 Å². The van der Waals surface area contributed by atoms with Gasteiger partial charge in [-0.15, -0.1) is 0 Å². The highest BCUT2D eigenvalue weighted by molar-refractivity contribution is 5.33. The lowest BCUT2D eigenvalue weighted by atomic mass is 9.76. The smallest absolute Gasteiger partial charge is 0.225 e. The topological polar surface area (TPSA) is 58.5 Å². The van der Waals surface area contributed by atoms with Crippen molar-refractivity contribution in [2.45, 2.75) is 32.1 Å². The Labute approximate surface area is 120 Å². The van der Waals surface area contributed by atoms with E-state index in [1.807, 2.05) is 0 Å². The zero-order valence-electron chi connectivity index (χ0n) is 12.1. The van der Waals surface area contributed by atoms with E-state index < -0.39 is 0 Å². The fourth-order valence-corrected chi connectivity index (χ4v) is 3.25. The molecule has 2 heterocycles. The average Bonchev–Trinajstić information content (AvgIpc) is 3.31. The first-order valence-electron chi connectivity index (χ1n) is 7.46. The normalized spacial score (nSPS) is 26.6. The Hall–Kier alpha value is -1.36. The van der Waals surface area contributed by atoms with Crippen LogP contribution in [-0.4, -0.2) is 41.9 Å². The van der Waals surface area contributed by atoms with Gasteiger partial charge in [0, 0.05) is 18.5 Å². The van der Waals surface area contributed by atoms with E-state index in [2.05, 4.69) is 14.9 Å². The molecule has 1 aromatic rings. The van der Waals surface area contributed by atoms with Crippen LogP contribution in [0.25, 0.3) is 0 Å². The number of hydrogen-bond acceptors (Lipinski definition) is 5. The van der Waals surface area contributed by atoms with Crippen molar-refractivity contribution in [1.29, 1.82) is 0 Å². The lowest BCUT2D eigenvalue weighted by Crippen LogP contribution is -2.46. The van der Waals surface area contributed by atoms with Crippen LogP contribution in [0.4, 0.5) is 5.95 Å². The quantitative estimate of drug-likeness (QED) is 0.890. The van der Waals surface area contributed by atoms with Crippen LogP contribution in [0.3, 0.4) is 0 Å². The number of aliphatic hydroxyl groups excluding tert-OH is 1. The van der Waals surface area contributed by atoms with E-state index in [4.69, 9.17) is 4.74 Å². The Balaban J connectivity index is 1.72. The molecule has 5 heteroatoms. The number of rotatable bonds is 5. The predicted octanol–water partition coefficient (Wildman–Crippen LogP) is 1.86. The van der Waals surface area contributed by atoms with Gasteiger partial charge in [0.05, 0.1) is 26.1 Å². The van der Waals surface area contributed by atoms with E-state index in [0.29, 0.717) is 5.75 Å². The zero-order valence-corrected chi connectivity index (χ0v) is 12.1. The van der Waals surface area contributed by atoms with E-state index in [-0.39, 0.29) is 12.0 Å². The van der Waals surface area contributed by atoms with Crippen LogP contribution < -0.4 is 9.64 Å². The van der Waals surface area contributed by atoms with Gasteiger partial charge in [-0.3, -0.25) is 0 Å². The Morgan fingerprint density at radius 3 is 2.75 bits per heavy atom. The van der Waals surface area contributed by atoms with Crippen LogP contribution in [0.1, 0.15) is 32.1 Å². The molecule has 0 radical (unpaired) electrons. The molecule has 0 bridgehead atoms. The minimum absolute atomic E-state index is 0.0443. The molecule has 20 heavy (non-hydrogen) atoms. The number of anilines is 1. The van der Waals surface area contributed by atoms with Crippen molar-refractivity contribution in [2.24, 2.45) is 11.3 Å². The van der Waals surface area contributed by atoms with Gasteiger partial charge in [-0.25, -0.2) is 9.97 Å². The first kappa shape index (κ1) is 13.6. The van der Waals surface area contributed by atoms with Gasteiger partial charge in [-0.1, -0.05) is 12.8 Å². The first-order valence-corrected chi connectivity index (χ1v) is 7.46. The van der Waals surface area contributed by atoms with Gasteiger partial charge >= 0.3 is 0 Å². The molecule has 1 saturated carbocycles. The van der Waals surface area contributed by atoms with Crippen LogP contribution in [0, 0.1) is 11.3 Å². The molecule has 1 N–H and O–H groups in total. The number of piperidine rings is 1. The molecule has 2 aliphatic rings. The highest BCUT2D eigenvalue weighted by Crippen LogP contribution is 2.44. The van der Waals surface area contributed by atoms with Crippen molar-refractivity contribution >= 4 is 5.95 Å². The second-order valence-electron chi connectivity index (χ2n) is 6.25. The molecule has 1 atom stereocenters. The third-order valence-electron chi connectivity index (χ3n) is 4.55. The highest BCUT2D eigenvalue weighted by Gasteiger charge is 2.40. The van der Waals surface area contributed by atoms with Gasteiger partial charge < -0.3 is 14.7 Å². The Kier molecular flexibility index (Phi) is 3.78. The summed E-state index contributed by atoms with van der Waals surface area (Å²) in [5.74, 6) is 2.26. The fraction of sp³-hybridized carbons (Fsp3) is 0.733. The fourth-order valence-electron chi connectivity index (χ4n) is 3.25. The summed E-state index contributed by atoms with van der Waals surface area (Å²) < 4.78 is 5.10. The number of aliphatic hydroxyl groups is 1. The minimum atomic E-state index is 0.0443. The molecular weight excluding hydrogens is 254 g/mol. The number of methoxy groups -OCH3 is 1. The molecule has 0 amide bonds. The summed E-state index contributed by atoms with van der Waals surface area (Å²) in [6.07, 6.45) is 9.45. The summed E-state index contributed by atoms with van der Waals surface area (Å²) in [6, 6.07) is 0. The van der Waals surface area contributed by atoms with Crippen molar-refractivity contribution in [3.8, 4) is 5.75 Å². The van der Waals surface area contributed by atoms with Crippen LogP contribution >= 0.6 is 0 Å². The van der Waals surface area contributed by atoms with Gasteiger partial charge in [0.15, 0.2) is 5.75 Å².